The second kappa shape index (κ2) is 12.9. The fourth-order valence-electron chi connectivity index (χ4n) is 5.49. The van der Waals surface area contributed by atoms with E-state index >= 15 is 0 Å². The van der Waals surface area contributed by atoms with E-state index in [1.54, 1.807) is 18.3 Å². The maximum absolute atomic E-state index is 13.9. The number of benzene rings is 3. The summed E-state index contributed by atoms with van der Waals surface area (Å²) in [6.45, 7) is 0.744. The summed E-state index contributed by atoms with van der Waals surface area (Å²) in [7, 11) is 0. The number of halogens is 1. The van der Waals surface area contributed by atoms with Crippen LogP contribution in [-0.4, -0.2) is 26.0 Å². The molecule has 5 aromatic rings. The van der Waals surface area contributed by atoms with E-state index in [-0.39, 0.29) is 12.4 Å². The van der Waals surface area contributed by atoms with E-state index in [1.165, 1.54) is 12.1 Å². The summed E-state index contributed by atoms with van der Waals surface area (Å²) in [5, 5.41) is 6.45. The summed E-state index contributed by atoms with van der Waals surface area (Å²) in [6, 6.07) is 27.6. The third-order valence-electron chi connectivity index (χ3n) is 7.74. The van der Waals surface area contributed by atoms with Crippen LogP contribution in [0, 0.1) is 5.82 Å². The third kappa shape index (κ3) is 6.72. The summed E-state index contributed by atoms with van der Waals surface area (Å²) in [5.41, 5.74) is 3.91. The molecule has 0 spiro atoms. The molecule has 0 unspecified atom stereocenters. The van der Waals surface area contributed by atoms with E-state index in [0.717, 1.165) is 36.0 Å². The average molecular weight is 577 g/mol. The number of rotatable bonds is 9. The molecule has 1 fully saturated rings. The highest BCUT2D eigenvalue weighted by Crippen LogP contribution is 2.39. The number of carbonyl (C=O) groups excluding carboxylic acids is 1. The Hall–Kier alpha value is -5.05. The van der Waals surface area contributed by atoms with Crippen molar-refractivity contribution in [1.29, 1.82) is 0 Å². The van der Waals surface area contributed by atoms with Gasteiger partial charge in [0.05, 0.1) is 17.1 Å². The first-order chi connectivity index (χ1) is 21.1. The second-order valence-electron chi connectivity index (χ2n) is 10.8. The second-order valence-corrected chi connectivity index (χ2v) is 10.8. The monoisotopic (exact) mass is 576 g/mol. The van der Waals surface area contributed by atoms with Gasteiger partial charge in [-0.15, -0.1) is 0 Å². The number of aromatic amines is 1. The molecule has 3 N–H and O–H groups in total. The number of carbonyl (C=O) groups is 1. The van der Waals surface area contributed by atoms with Gasteiger partial charge in [-0.25, -0.2) is 24.1 Å². The average Bonchev–Trinajstić information content (AvgIpc) is 3.51. The van der Waals surface area contributed by atoms with E-state index in [0.29, 0.717) is 48.2 Å². The van der Waals surface area contributed by atoms with Crippen molar-refractivity contribution in [1.82, 2.24) is 25.3 Å². The lowest BCUT2D eigenvalue weighted by Crippen LogP contribution is -2.48. The Bertz CT molecular complexity index is 1650. The third-order valence-corrected chi connectivity index (χ3v) is 7.74. The van der Waals surface area contributed by atoms with Crippen molar-refractivity contribution in [3.8, 4) is 22.6 Å². The van der Waals surface area contributed by atoms with Crippen LogP contribution in [0.2, 0.25) is 0 Å². The molecule has 218 valence electrons. The first-order valence-corrected chi connectivity index (χ1v) is 14.5. The zero-order valence-electron chi connectivity index (χ0n) is 23.7. The molecular formula is C34H33FN6O2. The summed E-state index contributed by atoms with van der Waals surface area (Å²) in [4.78, 5) is 30.9. The van der Waals surface area contributed by atoms with E-state index in [1.807, 2.05) is 66.7 Å². The number of H-pyrrole nitrogens is 1. The molecule has 2 aromatic heterocycles. The van der Waals surface area contributed by atoms with Crippen molar-refractivity contribution in [2.24, 2.45) is 0 Å². The molecule has 1 aliphatic rings. The molecule has 0 saturated heterocycles. The molecule has 2 heterocycles. The van der Waals surface area contributed by atoms with Crippen LogP contribution < -0.4 is 10.6 Å². The van der Waals surface area contributed by atoms with Crippen LogP contribution in [-0.2, 0) is 23.4 Å². The number of alkyl carbamates (subject to hydrolysis) is 1. The first kappa shape index (κ1) is 28.1. The SMILES string of the molecule is O=C(NC1(c2nc(-c3ccc(F)cc3)c(-c3ccnc(NCc4ccccc4)n3)[nH]2)CCCCC1)OCc1ccccc1. The minimum Gasteiger partial charge on any atom is -0.445 e. The van der Waals surface area contributed by atoms with Crippen LogP contribution in [0.4, 0.5) is 15.1 Å². The van der Waals surface area contributed by atoms with E-state index in [4.69, 9.17) is 14.7 Å². The standard InChI is InChI=1S/C34H33FN6O2/c35-27-16-14-26(15-17-27)29-30(28-18-21-36-32(38-28)37-22-24-10-4-1-5-11-24)40-31(39-29)34(19-8-3-9-20-34)41-33(42)43-23-25-12-6-2-7-13-25/h1-2,4-7,10-18,21H,3,8-9,19-20,22-23H2,(H,39,40)(H,41,42)(H,36,37,38). The number of imidazole rings is 1. The van der Waals surface area contributed by atoms with Gasteiger partial charge >= 0.3 is 6.09 Å². The molecule has 3 aromatic carbocycles. The highest BCUT2D eigenvalue weighted by Gasteiger charge is 2.40. The van der Waals surface area contributed by atoms with E-state index in [9.17, 15) is 9.18 Å². The Balaban J connectivity index is 1.33. The van der Waals surface area contributed by atoms with Gasteiger partial charge in [0.15, 0.2) is 0 Å². The molecule has 9 heteroatoms. The minimum absolute atomic E-state index is 0.173. The largest absolute Gasteiger partial charge is 0.445 e. The zero-order valence-corrected chi connectivity index (χ0v) is 23.7. The Kier molecular flexibility index (Phi) is 8.40. The van der Waals surface area contributed by atoms with Crippen LogP contribution >= 0.6 is 0 Å². The lowest BCUT2D eigenvalue weighted by atomic mass is 9.81. The van der Waals surface area contributed by atoms with Crippen molar-refractivity contribution in [2.45, 2.75) is 50.8 Å². The molecular weight excluding hydrogens is 543 g/mol. The zero-order chi connectivity index (χ0) is 29.5. The Morgan fingerprint density at radius 2 is 1.56 bits per heavy atom. The first-order valence-electron chi connectivity index (χ1n) is 14.5. The predicted octanol–water partition coefficient (Wildman–Crippen LogP) is 7.37. The molecule has 8 nitrogen and oxygen atoms in total. The van der Waals surface area contributed by atoms with E-state index in [2.05, 4.69) is 20.6 Å². The van der Waals surface area contributed by atoms with Gasteiger partial charge in [-0.2, -0.15) is 0 Å². The maximum Gasteiger partial charge on any atom is 0.408 e. The number of nitrogens with one attached hydrogen (secondary N) is 3. The molecule has 43 heavy (non-hydrogen) atoms. The van der Waals surface area contributed by atoms with Gasteiger partial charge in [-0.05, 0) is 54.3 Å². The lowest BCUT2D eigenvalue weighted by molar-refractivity contribution is 0.115. The summed E-state index contributed by atoms with van der Waals surface area (Å²) in [6.07, 6.45) is 5.54. The predicted molar refractivity (Wildman–Crippen MR) is 163 cm³/mol. The molecule has 1 aliphatic carbocycles. The van der Waals surface area contributed by atoms with Crippen molar-refractivity contribution in [3.05, 3.63) is 120 Å². The van der Waals surface area contributed by atoms with Crippen LogP contribution in [0.3, 0.4) is 0 Å². The van der Waals surface area contributed by atoms with Gasteiger partial charge in [-0.1, -0.05) is 79.9 Å². The maximum atomic E-state index is 13.9. The van der Waals surface area contributed by atoms with Crippen LogP contribution in [0.1, 0.15) is 49.1 Å². The summed E-state index contributed by atoms with van der Waals surface area (Å²) >= 11 is 0. The molecule has 1 amide bonds. The lowest BCUT2D eigenvalue weighted by Gasteiger charge is -2.36. The summed E-state index contributed by atoms with van der Waals surface area (Å²) in [5.74, 6) is 0.759. The van der Waals surface area contributed by atoms with Crippen LogP contribution in [0.5, 0.6) is 0 Å². The molecule has 0 radical (unpaired) electrons. The fraction of sp³-hybridized carbons (Fsp3) is 0.235. The number of anilines is 1. The molecule has 1 saturated carbocycles. The van der Waals surface area contributed by atoms with Gasteiger partial charge in [-0.3, -0.25) is 0 Å². The smallest absolute Gasteiger partial charge is 0.408 e. The van der Waals surface area contributed by atoms with Crippen molar-refractivity contribution >= 4 is 12.0 Å². The number of amides is 1. The number of nitrogens with zero attached hydrogens (tertiary/aromatic N) is 3. The number of ether oxygens (including phenoxy) is 1. The Labute approximate surface area is 249 Å². The van der Waals surface area contributed by atoms with Gasteiger partial charge < -0.3 is 20.4 Å². The summed E-state index contributed by atoms with van der Waals surface area (Å²) < 4.78 is 19.5. The Morgan fingerprint density at radius 3 is 2.28 bits per heavy atom. The molecule has 0 atom stereocenters. The normalized spacial score (nSPS) is 14.2. The highest BCUT2D eigenvalue weighted by atomic mass is 19.1. The van der Waals surface area contributed by atoms with Gasteiger partial charge in [0.2, 0.25) is 5.95 Å². The topological polar surface area (TPSA) is 105 Å². The number of hydrogen-bond donors (Lipinski definition) is 3. The number of hydrogen-bond acceptors (Lipinski definition) is 6. The molecule has 6 rings (SSSR count). The van der Waals surface area contributed by atoms with Crippen LogP contribution in [0.15, 0.2) is 97.2 Å². The van der Waals surface area contributed by atoms with Gasteiger partial charge in [0, 0.05) is 18.3 Å². The van der Waals surface area contributed by atoms with Crippen LogP contribution in [0.25, 0.3) is 22.6 Å². The van der Waals surface area contributed by atoms with E-state index < -0.39 is 11.6 Å². The molecule has 0 bridgehead atoms. The van der Waals surface area contributed by atoms with Crippen molar-refractivity contribution in [3.63, 3.8) is 0 Å². The Morgan fingerprint density at radius 1 is 0.860 bits per heavy atom. The quantitative estimate of drug-likeness (QED) is 0.169. The van der Waals surface area contributed by atoms with Crippen molar-refractivity contribution in [2.75, 3.05) is 5.32 Å². The van der Waals surface area contributed by atoms with Gasteiger partial charge in [0.1, 0.15) is 23.8 Å². The van der Waals surface area contributed by atoms with Gasteiger partial charge in [0.25, 0.3) is 0 Å². The van der Waals surface area contributed by atoms with Crippen molar-refractivity contribution < 1.29 is 13.9 Å². The molecule has 0 aliphatic heterocycles. The minimum atomic E-state index is -0.750. The fourth-order valence-corrected chi connectivity index (χ4v) is 5.49. The highest BCUT2D eigenvalue weighted by molar-refractivity contribution is 5.77. The number of aromatic nitrogens is 4.